The Morgan fingerprint density at radius 2 is 0.769 bits per heavy atom. The molecular formula is C12H12N14. The van der Waals surface area contributed by atoms with Gasteiger partial charge in [0.25, 0.3) is 0 Å². The van der Waals surface area contributed by atoms with Crippen LogP contribution in [0.2, 0.25) is 0 Å². The second kappa shape index (κ2) is 5.07. The number of hydrogen-bond acceptors (Lipinski definition) is 14. The molecule has 0 aliphatic heterocycles. The van der Waals surface area contributed by atoms with Crippen molar-refractivity contribution in [1.29, 1.82) is 0 Å². The van der Waals surface area contributed by atoms with Crippen LogP contribution in [0.3, 0.4) is 0 Å². The van der Waals surface area contributed by atoms with E-state index in [4.69, 9.17) is 34.4 Å². The summed E-state index contributed by atoms with van der Waals surface area (Å²) in [4.78, 5) is 32.5. The second-order valence-electron chi connectivity index (χ2n) is 5.19. The third-order valence-electron chi connectivity index (χ3n) is 3.43. The van der Waals surface area contributed by atoms with Gasteiger partial charge in [-0.05, 0) is 0 Å². The van der Waals surface area contributed by atoms with Gasteiger partial charge in [0.2, 0.25) is 11.9 Å². The van der Waals surface area contributed by atoms with E-state index >= 15 is 0 Å². The summed E-state index contributed by atoms with van der Waals surface area (Å²) in [6.45, 7) is 0. The van der Waals surface area contributed by atoms with Crippen LogP contribution >= 0.6 is 0 Å². The summed E-state index contributed by atoms with van der Waals surface area (Å²) in [5.41, 5.74) is 35.6. The van der Waals surface area contributed by atoms with Crippen LogP contribution in [0.5, 0.6) is 0 Å². The molecule has 0 spiro atoms. The van der Waals surface area contributed by atoms with Crippen molar-refractivity contribution in [3.8, 4) is 11.4 Å². The number of fused-ring (bicyclic) bond motifs is 2. The van der Waals surface area contributed by atoms with E-state index in [1.165, 1.54) is 0 Å². The van der Waals surface area contributed by atoms with Crippen LogP contribution in [-0.2, 0) is 0 Å². The van der Waals surface area contributed by atoms with Gasteiger partial charge in [-0.15, -0.1) is 0 Å². The molecule has 0 aliphatic rings. The summed E-state index contributed by atoms with van der Waals surface area (Å²) in [6, 6.07) is 0. The molecule has 0 saturated heterocycles. The van der Waals surface area contributed by atoms with E-state index in [1.807, 2.05) is 0 Å². The molecule has 4 rings (SSSR count). The maximum atomic E-state index is 5.97. The molecule has 0 aliphatic carbocycles. The number of rotatable bonds is 1. The molecule has 14 heteroatoms. The fourth-order valence-corrected chi connectivity index (χ4v) is 2.35. The Morgan fingerprint density at radius 1 is 0.385 bits per heavy atom. The van der Waals surface area contributed by atoms with Crippen molar-refractivity contribution < 1.29 is 0 Å². The number of anilines is 6. The predicted octanol–water partition coefficient (Wildman–Crippen LogP) is -1.69. The van der Waals surface area contributed by atoms with Gasteiger partial charge >= 0.3 is 0 Å². The van der Waals surface area contributed by atoms with E-state index in [2.05, 4.69) is 39.9 Å². The van der Waals surface area contributed by atoms with Crippen molar-refractivity contribution in [2.24, 2.45) is 0 Å². The molecule has 12 N–H and O–H groups in total. The highest BCUT2D eigenvalue weighted by Crippen LogP contribution is 2.30. The molecule has 14 nitrogen and oxygen atoms in total. The maximum Gasteiger partial charge on any atom is 0.224 e. The van der Waals surface area contributed by atoms with Gasteiger partial charge in [-0.25, -0.2) is 19.9 Å². The first-order valence-electron chi connectivity index (χ1n) is 7.06. The van der Waals surface area contributed by atoms with Crippen LogP contribution in [-0.4, -0.2) is 39.9 Å². The lowest BCUT2D eigenvalue weighted by Crippen LogP contribution is -2.09. The largest absolute Gasteiger partial charge is 0.382 e. The number of hydrogen-bond donors (Lipinski definition) is 6. The Bertz CT molecular complexity index is 1110. The van der Waals surface area contributed by atoms with E-state index in [0.29, 0.717) is 0 Å². The predicted molar refractivity (Wildman–Crippen MR) is 95.7 cm³/mol. The zero-order valence-electron chi connectivity index (χ0n) is 13.0. The minimum atomic E-state index is -0.0519. The number of nitrogens with two attached hydrogens (primary N) is 6. The van der Waals surface area contributed by atoms with Crippen molar-refractivity contribution in [3.63, 3.8) is 0 Å². The molecule has 26 heavy (non-hydrogen) atoms. The standard InChI is InChI=1S/C12H12N14/c13-5-1(19-3-7(15)23-11(17)25-9(3)21-5)2-6(14)22-10-4(20-2)8(16)24-12(18)26-10/h(H6,13,15,17,21,23,25)(H6,14,16,18,22,24,26). The highest BCUT2D eigenvalue weighted by Gasteiger charge is 2.19. The molecule has 0 aromatic carbocycles. The molecule has 4 aromatic rings. The minimum Gasteiger partial charge on any atom is -0.382 e. The van der Waals surface area contributed by atoms with Gasteiger partial charge in [0.1, 0.15) is 11.4 Å². The normalized spacial score (nSPS) is 11.2. The lowest BCUT2D eigenvalue weighted by atomic mass is 10.2. The smallest absolute Gasteiger partial charge is 0.224 e. The second-order valence-corrected chi connectivity index (χ2v) is 5.19. The van der Waals surface area contributed by atoms with Crippen LogP contribution in [0.15, 0.2) is 0 Å². The Morgan fingerprint density at radius 3 is 1.15 bits per heavy atom. The first kappa shape index (κ1) is 15.2. The molecule has 0 bridgehead atoms. The number of nitrogens with zero attached hydrogens (tertiary/aromatic N) is 8. The fraction of sp³-hybridized carbons (Fsp3) is 0. The highest BCUT2D eigenvalue weighted by molar-refractivity contribution is 5.91. The molecule has 4 aromatic heterocycles. The molecule has 0 atom stereocenters. The lowest BCUT2D eigenvalue weighted by Gasteiger charge is -2.10. The quantitative estimate of drug-likeness (QED) is 0.223. The monoisotopic (exact) mass is 352 g/mol. The van der Waals surface area contributed by atoms with Crippen molar-refractivity contribution in [2.75, 3.05) is 34.4 Å². The van der Waals surface area contributed by atoms with Crippen molar-refractivity contribution in [1.82, 2.24) is 39.9 Å². The summed E-state index contributed by atoms with van der Waals surface area (Å²) < 4.78 is 0. The van der Waals surface area contributed by atoms with Crippen LogP contribution in [0, 0.1) is 0 Å². The molecule has 130 valence electrons. The zero-order valence-corrected chi connectivity index (χ0v) is 13.0. The third-order valence-corrected chi connectivity index (χ3v) is 3.43. The average Bonchev–Trinajstić information content (AvgIpc) is 2.53. The van der Waals surface area contributed by atoms with E-state index < -0.39 is 0 Å². The fourth-order valence-electron chi connectivity index (χ4n) is 2.35. The molecule has 0 amide bonds. The maximum absolute atomic E-state index is 5.97. The minimum absolute atomic E-state index is 0.00900. The van der Waals surface area contributed by atoms with Crippen LogP contribution < -0.4 is 34.4 Å². The van der Waals surface area contributed by atoms with E-state index in [-0.39, 0.29) is 68.9 Å². The van der Waals surface area contributed by atoms with Gasteiger partial charge in [-0.3, -0.25) is 0 Å². The first-order valence-corrected chi connectivity index (χ1v) is 7.06. The SMILES string of the molecule is Nc1nc(N)c2nc(-c3nc4c(N)nc(N)nc4nc3N)c(N)nc2n1. The molecule has 0 fully saturated rings. The molecule has 0 unspecified atom stereocenters. The van der Waals surface area contributed by atoms with Crippen molar-refractivity contribution in [3.05, 3.63) is 0 Å². The van der Waals surface area contributed by atoms with Crippen LogP contribution in [0.25, 0.3) is 33.7 Å². The van der Waals surface area contributed by atoms with Crippen LogP contribution in [0.1, 0.15) is 0 Å². The molecule has 0 radical (unpaired) electrons. The summed E-state index contributed by atoms with van der Waals surface area (Å²) in [5, 5.41) is 0. The number of nitrogen functional groups attached to an aromatic ring is 6. The molecule has 0 saturated carbocycles. The molecule has 4 heterocycles. The Kier molecular flexibility index (Phi) is 2.96. The molecular weight excluding hydrogens is 340 g/mol. The van der Waals surface area contributed by atoms with E-state index in [1.54, 1.807) is 0 Å². The Hall–Kier alpha value is -4.36. The van der Waals surface area contributed by atoms with Gasteiger partial charge in [-0.2, -0.15) is 19.9 Å². The van der Waals surface area contributed by atoms with Crippen molar-refractivity contribution >= 4 is 57.5 Å². The van der Waals surface area contributed by atoms with Gasteiger partial charge in [0.05, 0.1) is 0 Å². The summed E-state index contributed by atoms with van der Waals surface area (Å²) in [7, 11) is 0. The average molecular weight is 352 g/mol. The topological polar surface area (TPSA) is 259 Å². The lowest BCUT2D eigenvalue weighted by molar-refractivity contribution is 1.14. The first-order chi connectivity index (χ1) is 12.3. The van der Waals surface area contributed by atoms with Gasteiger partial charge in [0.15, 0.2) is 45.6 Å². The third kappa shape index (κ3) is 2.20. The van der Waals surface area contributed by atoms with Gasteiger partial charge in [0, 0.05) is 0 Å². The zero-order chi connectivity index (χ0) is 18.6. The summed E-state index contributed by atoms with van der Waals surface area (Å²) in [5.74, 6) is -0.0584. The Balaban J connectivity index is 2.03. The van der Waals surface area contributed by atoms with Gasteiger partial charge in [-0.1, -0.05) is 0 Å². The highest BCUT2D eigenvalue weighted by atomic mass is 15.1. The van der Waals surface area contributed by atoms with E-state index in [9.17, 15) is 0 Å². The summed E-state index contributed by atoms with van der Waals surface area (Å²) >= 11 is 0. The van der Waals surface area contributed by atoms with Gasteiger partial charge < -0.3 is 34.4 Å². The van der Waals surface area contributed by atoms with E-state index in [0.717, 1.165) is 0 Å². The number of aromatic nitrogens is 8. The Labute approximate surface area is 144 Å². The van der Waals surface area contributed by atoms with Crippen molar-refractivity contribution in [2.45, 2.75) is 0 Å². The van der Waals surface area contributed by atoms with Crippen LogP contribution in [0.4, 0.5) is 35.2 Å². The summed E-state index contributed by atoms with van der Waals surface area (Å²) in [6.07, 6.45) is 0.